The molecule has 0 aromatic heterocycles. The van der Waals surface area contributed by atoms with Crippen LogP contribution in [0.4, 0.5) is 4.79 Å². The first-order valence-corrected chi connectivity index (χ1v) is 15.8. The van der Waals surface area contributed by atoms with E-state index in [4.69, 9.17) is 37.9 Å². The average molecular weight is 659 g/mol. The van der Waals surface area contributed by atoms with Crippen molar-refractivity contribution in [3.63, 3.8) is 0 Å². The molecule has 0 saturated heterocycles. The Labute approximate surface area is 275 Å². The number of esters is 1. The summed E-state index contributed by atoms with van der Waals surface area (Å²) in [5, 5.41) is 5.34. The van der Waals surface area contributed by atoms with E-state index in [9.17, 15) is 14.4 Å². The van der Waals surface area contributed by atoms with Crippen LogP contribution in [0, 0.1) is 0 Å². The molecule has 4 rings (SSSR count). The van der Waals surface area contributed by atoms with E-state index in [1.165, 1.54) is 7.11 Å². The van der Waals surface area contributed by atoms with Crippen LogP contribution in [0.15, 0.2) is 36.4 Å². The van der Waals surface area contributed by atoms with Crippen LogP contribution in [0.25, 0.3) is 11.1 Å². The Morgan fingerprint density at radius 2 is 1.17 bits per heavy atom. The number of nitrogens with one attached hydrogen (secondary N) is 2. The second kappa shape index (κ2) is 17.3. The zero-order valence-electron chi connectivity index (χ0n) is 27.6. The van der Waals surface area contributed by atoms with E-state index in [2.05, 4.69) is 10.6 Å². The Kier molecular flexibility index (Phi) is 13.2. The number of carbonyl (C=O) groups is 3. The minimum Gasteiger partial charge on any atom is -0.491 e. The van der Waals surface area contributed by atoms with E-state index in [0.717, 1.165) is 22.3 Å². The van der Waals surface area contributed by atoms with Gasteiger partial charge in [-0.05, 0) is 44.0 Å². The van der Waals surface area contributed by atoms with Gasteiger partial charge in [0.05, 0.1) is 60.0 Å². The van der Waals surface area contributed by atoms with Crippen LogP contribution in [0.5, 0.6) is 11.5 Å². The van der Waals surface area contributed by atoms with Crippen LogP contribution in [-0.2, 0) is 50.9 Å². The summed E-state index contributed by atoms with van der Waals surface area (Å²) in [6.07, 6.45) is -0.592. The van der Waals surface area contributed by atoms with E-state index >= 15 is 0 Å². The molecule has 0 spiro atoms. The van der Waals surface area contributed by atoms with Crippen molar-refractivity contribution in [1.29, 1.82) is 0 Å². The van der Waals surface area contributed by atoms with Gasteiger partial charge in [0.15, 0.2) is 0 Å². The van der Waals surface area contributed by atoms with E-state index < -0.39 is 35.7 Å². The maximum absolute atomic E-state index is 13.6. The van der Waals surface area contributed by atoms with Crippen LogP contribution in [0.3, 0.4) is 0 Å². The molecular weight excluding hydrogens is 612 g/mol. The lowest BCUT2D eigenvalue weighted by Crippen LogP contribution is -2.59. The number of ether oxygens (including phenoxy) is 8. The quantitative estimate of drug-likeness (QED) is 0.467. The monoisotopic (exact) mass is 658 g/mol. The standard InChI is InChI=1S/C34H46N2O11/c1-33(2,3)47-32(39)35-23-28(37)36-34(31(38)40-4)21-24-7-5-9-26-29(24)30-25(22-34)8-6-10-27(30)46-20-18-44-16-14-42-12-11-41-13-15-43-17-19-45-26/h5-10H,11-23H2,1-4H3,(H,35,39)(H,36,37). The fraction of sp³-hybridized carbons (Fsp3) is 0.559. The summed E-state index contributed by atoms with van der Waals surface area (Å²) < 4.78 is 45.5. The first-order chi connectivity index (χ1) is 22.6. The third-order valence-corrected chi connectivity index (χ3v) is 7.29. The van der Waals surface area contributed by atoms with Gasteiger partial charge >= 0.3 is 12.1 Å². The Bertz CT molecular complexity index is 1290. The largest absolute Gasteiger partial charge is 0.491 e. The van der Waals surface area contributed by atoms with Crippen LogP contribution < -0.4 is 20.1 Å². The SMILES string of the molecule is COC(=O)C1(NC(=O)CNC(=O)OC(C)(C)C)Cc2cccc3c2-c2c(cccc2OCCOCCOCCOCCOCCO3)C1. The normalized spacial score (nSPS) is 17.7. The average Bonchev–Trinajstić information content (AvgIpc) is 3.17. The Hall–Kier alpha value is -3.91. The second-order valence-corrected chi connectivity index (χ2v) is 12.1. The summed E-state index contributed by atoms with van der Waals surface area (Å²) in [4.78, 5) is 39.2. The summed E-state index contributed by atoms with van der Waals surface area (Å²) in [6, 6.07) is 11.1. The second-order valence-electron chi connectivity index (χ2n) is 12.1. The fourth-order valence-electron chi connectivity index (χ4n) is 5.41. The van der Waals surface area contributed by atoms with Gasteiger partial charge in [-0.1, -0.05) is 24.3 Å². The summed E-state index contributed by atoms with van der Waals surface area (Å²) in [5.74, 6) is -0.0810. The summed E-state index contributed by atoms with van der Waals surface area (Å²) in [5.41, 5.74) is 0.670. The highest BCUT2D eigenvalue weighted by molar-refractivity contribution is 5.93. The predicted molar refractivity (Wildman–Crippen MR) is 171 cm³/mol. The molecule has 1 heterocycles. The minimum absolute atomic E-state index is 0.0788. The van der Waals surface area contributed by atoms with Crippen molar-refractivity contribution in [2.24, 2.45) is 0 Å². The van der Waals surface area contributed by atoms with Crippen LogP contribution in [0.2, 0.25) is 0 Å². The molecular formula is C34H46N2O11. The molecule has 0 saturated carbocycles. The van der Waals surface area contributed by atoms with Crippen LogP contribution in [-0.4, -0.2) is 109 Å². The number of rotatable bonds is 4. The molecule has 2 amide bonds. The smallest absolute Gasteiger partial charge is 0.408 e. The number of carbonyl (C=O) groups excluding carboxylic acids is 3. The number of hydrogen-bond acceptors (Lipinski definition) is 11. The molecule has 0 fully saturated rings. The lowest BCUT2D eigenvalue weighted by atomic mass is 9.86. The lowest BCUT2D eigenvalue weighted by molar-refractivity contribution is -0.150. The number of amides is 2. The number of benzene rings is 2. The van der Waals surface area contributed by atoms with Gasteiger partial charge in [0.2, 0.25) is 5.91 Å². The Balaban J connectivity index is 1.68. The molecule has 0 atom stereocenters. The third kappa shape index (κ3) is 10.5. The molecule has 0 bridgehead atoms. The van der Waals surface area contributed by atoms with Crippen molar-refractivity contribution in [3.8, 4) is 22.6 Å². The molecule has 13 nitrogen and oxygen atoms in total. The van der Waals surface area contributed by atoms with Crippen LogP contribution in [0.1, 0.15) is 31.9 Å². The zero-order valence-corrected chi connectivity index (χ0v) is 27.6. The van der Waals surface area contributed by atoms with Gasteiger partial charge in [-0.2, -0.15) is 0 Å². The molecule has 13 heteroatoms. The maximum Gasteiger partial charge on any atom is 0.408 e. The number of methoxy groups -OCH3 is 1. The Morgan fingerprint density at radius 1 is 0.723 bits per heavy atom. The van der Waals surface area contributed by atoms with Gasteiger partial charge in [-0.25, -0.2) is 9.59 Å². The summed E-state index contributed by atoms with van der Waals surface area (Å²) in [6.45, 7) is 8.57. The topological polar surface area (TPSA) is 149 Å². The van der Waals surface area contributed by atoms with Crippen molar-refractivity contribution in [2.45, 2.75) is 44.8 Å². The van der Waals surface area contributed by atoms with Gasteiger partial charge in [0, 0.05) is 24.0 Å². The van der Waals surface area contributed by atoms with E-state index in [-0.39, 0.29) is 26.1 Å². The Morgan fingerprint density at radius 3 is 1.60 bits per heavy atom. The molecule has 2 N–H and O–H groups in total. The minimum atomic E-state index is -1.52. The molecule has 258 valence electrons. The van der Waals surface area contributed by atoms with E-state index in [1.807, 2.05) is 36.4 Å². The predicted octanol–water partition coefficient (Wildman–Crippen LogP) is 2.84. The molecule has 0 unspecified atom stereocenters. The third-order valence-electron chi connectivity index (χ3n) is 7.29. The highest BCUT2D eigenvalue weighted by Gasteiger charge is 2.45. The molecule has 2 aromatic rings. The fourth-order valence-corrected chi connectivity index (χ4v) is 5.41. The van der Waals surface area contributed by atoms with Gasteiger partial charge in [0.25, 0.3) is 0 Å². The van der Waals surface area contributed by atoms with Crippen LogP contribution >= 0.6 is 0 Å². The van der Waals surface area contributed by atoms with E-state index in [1.54, 1.807) is 20.8 Å². The maximum atomic E-state index is 13.6. The molecule has 1 aliphatic carbocycles. The summed E-state index contributed by atoms with van der Waals surface area (Å²) >= 11 is 0. The first-order valence-electron chi connectivity index (χ1n) is 15.8. The molecule has 2 aliphatic rings. The van der Waals surface area contributed by atoms with E-state index in [0.29, 0.717) is 64.4 Å². The van der Waals surface area contributed by atoms with Gasteiger partial charge in [0.1, 0.15) is 42.4 Å². The summed E-state index contributed by atoms with van der Waals surface area (Å²) in [7, 11) is 1.28. The van der Waals surface area contributed by atoms with Crippen molar-refractivity contribution >= 4 is 18.0 Å². The molecule has 0 radical (unpaired) electrons. The van der Waals surface area contributed by atoms with Crippen molar-refractivity contribution in [1.82, 2.24) is 10.6 Å². The molecule has 1 aliphatic heterocycles. The number of alkyl carbamates (subject to hydrolysis) is 1. The van der Waals surface area contributed by atoms with Gasteiger partial charge in [-0.15, -0.1) is 0 Å². The molecule has 47 heavy (non-hydrogen) atoms. The highest BCUT2D eigenvalue weighted by atomic mass is 16.6. The van der Waals surface area contributed by atoms with Gasteiger partial charge in [-0.3, -0.25) is 4.79 Å². The zero-order chi connectivity index (χ0) is 33.7. The first kappa shape index (κ1) is 35.9. The van der Waals surface area contributed by atoms with Crippen molar-refractivity contribution in [3.05, 3.63) is 47.5 Å². The highest BCUT2D eigenvalue weighted by Crippen LogP contribution is 2.46. The molecule has 2 aromatic carbocycles. The van der Waals surface area contributed by atoms with Crippen molar-refractivity contribution in [2.75, 3.05) is 79.7 Å². The number of hydrogen-bond donors (Lipinski definition) is 2. The van der Waals surface area contributed by atoms with Gasteiger partial charge < -0.3 is 48.5 Å². The lowest BCUT2D eigenvalue weighted by Gasteiger charge is -2.31. The van der Waals surface area contributed by atoms with Crippen molar-refractivity contribution < 1.29 is 52.3 Å².